The topological polar surface area (TPSA) is 90.9 Å². The fourth-order valence-electron chi connectivity index (χ4n) is 1.11. The van der Waals surface area contributed by atoms with Crippen LogP contribution in [-0.2, 0) is 23.8 Å². The molecule has 0 aromatic heterocycles. The number of nitrogens with one attached hydrogen (secondary N) is 1. The van der Waals surface area contributed by atoms with Gasteiger partial charge in [0.25, 0.3) is 0 Å². The lowest BCUT2D eigenvalue weighted by Crippen LogP contribution is -2.36. The SMILES string of the molecule is COC(=O)/C=C(\C)N[C@@H](C)C(=O)OC(=O)OCC(C)C. The van der Waals surface area contributed by atoms with Gasteiger partial charge in [-0.15, -0.1) is 0 Å². The number of hydrogen-bond donors (Lipinski definition) is 1. The van der Waals surface area contributed by atoms with Gasteiger partial charge in [0, 0.05) is 11.8 Å². The van der Waals surface area contributed by atoms with Gasteiger partial charge in [-0.25, -0.2) is 14.4 Å². The van der Waals surface area contributed by atoms with Gasteiger partial charge in [-0.2, -0.15) is 0 Å². The third-order valence-electron chi connectivity index (χ3n) is 2.05. The van der Waals surface area contributed by atoms with Crippen molar-refractivity contribution in [2.45, 2.75) is 33.7 Å². The number of allylic oxidation sites excluding steroid dienone is 1. The van der Waals surface area contributed by atoms with Crippen LogP contribution in [0.5, 0.6) is 0 Å². The standard InChI is InChI=1S/C13H21NO6/c1-8(2)7-19-13(17)20-12(16)10(4)14-9(3)6-11(15)18-5/h6,8,10,14H,7H2,1-5H3/b9-6+/t10-/m0/s1. The van der Waals surface area contributed by atoms with Crippen LogP contribution in [0, 0.1) is 5.92 Å². The van der Waals surface area contributed by atoms with E-state index < -0.39 is 24.1 Å². The van der Waals surface area contributed by atoms with E-state index in [-0.39, 0.29) is 12.5 Å². The molecule has 0 aromatic carbocycles. The molecule has 1 atom stereocenters. The Kier molecular flexibility index (Phi) is 8.03. The van der Waals surface area contributed by atoms with Gasteiger partial charge in [0.15, 0.2) is 0 Å². The summed E-state index contributed by atoms with van der Waals surface area (Å²) in [4.78, 5) is 33.7. The van der Waals surface area contributed by atoms with Gasteiger partial charge in [-0.05, 0) is 19.8 Å². The van der Waals surface area contributed by atoms with Crippen LogP contribution in [-0.4, -0.2) is 37.9 Å². The Labute approximate surface area is 118 Å². The van der Waals surface area contributed by atoms with Gasteiger partial charge in [-0.3, -0.25) is 0 Å². The zero-order chi connectivity index (χ0) is 15.7. The zero-order valence-corrected chi connectivity index (χ0v) is 12.4. The third kappa shape index (κ3) is 8.12. The van der Waals surface area contributed by atoms with Gasteiger partial charge in [-0.1, -0.05) is 13.8 Å². The van der Waals surface area contributed by atoms with Crippen LogP contribution >= 0.6 is 0 Å². The van der Waals surface area contributed by atoms with Crippen molar-refractivity contribution in [3.63, 3.8) is 0 Å². The molecule has 0 aliphatic carbocycles. The molecule has 0 bridgehead atoms. The molecule has 114 valence electrons. The number of ether oxygens (including phenoxy) is 3. The number of esters is 2. The van der Waals surface area contributed by atoms with Gasteiger partial charge >= 0.3 is 18.1 Å². The third-order valence-corrected chi connectivity index (χ3v) is 2.05. The van der Waals surface area contributed by atoms with Gasteiger partial charge in [0.1, 0.15) is 6.04 Å². The monoisotopic (exact) mass is 287 g/mol. The highest BCUT2D eigenvalue weighted by atomic mass is 16.7. The molecule has 0 rings (SSSR count). The smallest absolute Gasteiger partial charge is 0.466 e. The molecule has 0 saturated heterocycles. The van der Waals surface area contributed by atoms with E-state index in [1.165, 1.54) is 20.1 Å². The van der Waals surface area contributed by atoms with Crippen LogP contribution in [0.2, 0.25) is 0 Å². The maximum Gasteiger partial charge on any atom is 0.516 e. The lowest BCUT2D eigenvalue weighted by molar-refractivity contribution is -0.142. The predicted octanol–water partition coefficient (Wildman–Crippen LogP) is 1.38. The molecule has 7 nitrogen and oxygen atoms in total. The second kappa shape index (κ2) is 8.95. The molecule has 0 radical (unpaired) electrons. The summed E-state index contributed by atoms with van der Waals surface area (Å²) in [6.07, 6.45) is 0.146. The van der Waals surface area contributed by atoms with E-state index in [0.29, 0.717) is 5.70 Å². The summed E-state index contributed by atoms with van der Waals surface area (Å²) in [5, 5.41) is 2.69. The van der Waals surface area contributed by atoms with Crippen molar-refractivity contribution >= 4 is 18.1 Å². The Bertz CT molecular complexity index is 388. The van der Waals surface area contributed by atoms with Crippen molar-refractivity contribution in [3.8, 4) is 0 Å². The zero-order valence-electron chi connectivity index (χ0n) is 12.4. The van der Waals surface area contributed by atoms with Crippen LogP contribution in [0.25, 0.3) is 0 Å². The van der Waals surface area contributed by atoms with Crippen molar-refractivity contribution in [2.24, 2.45) is 5.92 Å². The lowest BCUT2D eigenvalue weighted by Gasteiger charge is -2.14. The number of carbonyl (C=O) groups excluding carboxylic acids is 3. The summed E-state index contributed by atoms with van der Waals surface area (Å²) in [5.41, 5.74) is 0.414. The van der Waals surface area contributed by atoms with Crippen molar-refractivity contribution in [1.82, 2.24) is 5.32 Å². The van der Waals surface area contributed by atoms with E-state index in [1.807, 2.05) is 13.8 Å². The van der Waals surface area contributed by atoms with Gasteiger partial charge in [0.05, 0.1) is 13.7 Å². The first-order chi connectivity index (χ1) is 9.26. The molecular weight excluding hydrogens is 266 g/mol. The Balaban J connectivity index is 4.25. The summed E-state index contributed by atoms with van der Waals surface area (Å²) in [5.74, 6) is -1.19. The van der Waals surface area contributed by atoms with Crippen LogP contribution in [0.1, 0.15) is 27.7 Å². The van der Waals surface area contributed by atoms with Crippen molar-refractivity contribution in [1.29, 1.82) is 0 Å². The summed E-state index contributed by atoms with van der Waals surface area (Å²) in [6.45, 7) is 6.97. The summed E-state index contributed by atoms with van der Waals surface area (Å²) in [6, 6.07) is -0.803. The van der Waals surface area contributed by atoms with E-state index in [9.17, 15) is 14.4 Å². The first kappa shape index (κ1) is 17.9. The van der Waals surface area contributed by atoms with E-state index in [1.54, 1.807) is 6.92 Å². The van der Waals surface area contributed by atoms with Gasteiger partial charge < -0.3 is 19.5 Å². The summed E-state index contributed by atoms with van der Waals surface area (Å²) in [7, 11) is 1.24. The predicted molar refractivity (Wildman–Crippen MR) is 70.6 cm³/mol. The Morgan fingerprint density at radius 2 is 1.80 bits per heavy atom. The van der Waals surface area contributed by atoms with Crippen molar-refractivity contribution in [2.75, 3.05) is 13.7 Å². The van der Waals surface area contributed by atoms with Crippen LogP contribution in [0.4, 0.5) is 4.79 Å². The molecular formula is C13H21NO6. The number of methoxy groups -OCH3 is 1. The normalized spacial score (nSPS) is 12.6. The number of hydrogen-bond acceptors (Lipinski definition) is 7. The summed E-state index contributed by atoms with van der Waals surface area (Å²) >= 11 is 0. The van der Waals surface area contributed by atoms with Gasteiger partial charge in [0.2, 0.25) is 0 Å². The summed E-state index contributed by atoms with van der Waals surface area (Å²) < 4.78 is 13.6. The molecule has 0 aliphatic rings. The highest BCUT2D eigenvalue weighted by Gasteiger charge is 2.19. The molecule has 0 unspecified atom stereocenters. The fraction of sp³-hybridized carbons (Fsp3) is 0.615. The molecule has 0 aliphatic heterocycles. The second-order valence-electron chi connectivity index (χ2n) is 4.59. The largest absolute Gasteiger partial charge is 0.516 e. The molecule has 0 amide bonds. The Morgan fingerprint density at radius 1 is 1.20 bits per heavy atom. The highest BCUT2D eigenvalue weighted by Crippen LogP contribution is 1.99. The van der Waals surface area contributed by atoms with Crippen molar-refractivity contribution < 1.29 is 28.6 Å². The molecule has 0 aromatic rings. The highest BCUT2D eigenvalue weighted by molar-refractivity contribution is 5.86. The molecule has 7 heteroatoms. The fourth-order valence-corrected chi connectivity index (χ4v) is 1.11. The number of rotatable bonds is 6. The van der Waals surface area contributed by atoms with Crippen LogP contribution in [0.15, 0.2) is 11.8 Å². The van der Waals surface area contributed by atoms with Crippen LogP contribution < -0.4 is 5.32 Å². The van der Waals surface area contributed by atoms with E-state index in [4.69, 9.17) is 4.74 Å². The minimum absolute atomic E-state index is 0.151. The maximum atomic E-state index is 11.6. The Hall–Kier alpha value is -2.05. The van der Waals surface area contributed by atoms with Crippen molar-refractivity contribution in [3.05, 3.63) is 11.8 Å². The lowest BCUT2D eigenvalue weighted by atomic mass is 10.2. The minimum atomic E-state index is -1.04. The molecule has 0 fully saturated rings. The second-order valence-corrected chi connectivity index (χ2v) is 4.59. The quantitative estimate of drug-likeness (QED) is 0.448. The maximum absolute atomic E-state index is 11.6. The van der Waals surface area contributed by atoms with E-state index in [0.717, 1.165) is 0 Å². The van der Waals surface area contributed by atoms with Crippen LogP contribution in [0.3, 0.4) is 0 Å². The first-order valence-corrected chi connectivity index (χ1v) is 6.17. The molecule has 20 heavy (non-hydrogen) atoms. The molecule has 0 heterocycles. The molecule has 0 saturated carbocycles. The Morgan fingerprint density at radius 3 is 2.30 bits per heavy atom. The average Bonchev–Trinajstić information content (AvgIpc) is 2.35. The first-order valence-electron chi connectivity index (χ1n) is 6.17. The van der Waals surface area contributed by atoms with E-state index >= 15 is 0 Å². The molecule has 0 spiro atoms. The average molecular weight is 287 g/mol. The molecule has 1 N–H and O–H groups in total. The number of carbonyl (C=O) groups is 3. The minimum Gasteiger partial charge on any atom is -0.466 e. The van der Waals surface area contributed by atoms with E-state index in [2.05, 4.69) is 14.8 Å².